The van der Waals surface area contributed by atoms with E-state index in [-0.39, 0.29) is 12.4 Å². The van der Waals surface area contributed by atoms with Gasteiger partial charge in [0.05, 0.1) is 0 Å². The molecular weight excluding hydrogens is 142 g/mol. The number of hydrogen-bond donors (Lipinski definition) is 0. The Hall–Kier alpha value is 0.769. The molecule has 0 aromatic rings. The summed E-state index contributed by atoms with van der Waals surface area (Å²) in [4.78, 5) is 0. The molecule has 0 spiro atoms. The molecule has 0 heterocycles. The van der Waals surface area contributed by atoms with Gasteiger partial charge < -0.3 is 12.4 Å². The van der Waals surface area contributed by atoms with Crippen molar-refractivity contribution in [3.63, 3.8) is 0 Å². The van der Waals surface area contributed by atoms with Gasteiger partial charge in [0.1, 0.15) is 0 Å². The van der Waals surface area contributed by atoms with E-state index in [2.05, 4.69) is 27.1 Å². The molecule has 39 valence electrons. The molecule has 1 nitrogen and oxygen atoms in total. The molecule has 0 aromatic carbocycles. The summed E-state index contributed by atoms with van der Waals surface area (Å²) in [5, 5.41) is 0. The van der Waals surface area contributed by atoms with Crippen LogP contribution >= 0.6 is 0 Å². The average molecular weight is 149 g/mol. The predicted molar refractivity (Wildman–Crippen MR) is 16.2 cm³/mol. The summed E-state index contributed by atoms with van der Waals surface area (Å²) in [6, 6.07) is 0. The summed E-state index contributed by atoms with van der Waals surface area (Å²) >= 11 is 2.81. The molecule has 0 atom stereocenters. The largest absolute Gasteiger partial charge is 1.00 e. The van der Waals surface area contributed by atoms with E-state index in [0.717, 1.165) is 13.0 Å². The van der Waals surface area contributed by atoms with Crippen LogP contribution in [-0.2, 0) is 20.2 Å². The van der Waals surface area contributed by atoms with Crippen LogP contribution in [0.25, 0.3) is 0 Å². The van der Waals surface area contributed by atoms with Crippen LogP contribution in [0.3, 0.4) is 0 Å². The molecule has 0 N–H and O–H groups in total. The van der Waals surface area contributed by atoms with Crippen LogP contribution in [0.1, 0.15) is 13.3 Å². The predicted octanol–water partition coefficient (Wildman–Crippen LogP) is -2.12. The van der Waals surface area contributed by atoms with Crippen LogP contribution in [-0.4, -0.2) is 6.61 Å². The Bertz CT molecular complexity index is 18.3. The van der Waals surface area contributed by atoms with E-state index in [0.29, 0.717) is 0 Å². The second-order valence-electron chi connectivity index (χ2n) is 0.813. The Labute approximate surface area is 53.0 Å². The van der Waals surface area contributed by atoms with Gasteiger partial charge in [-0.25, -0.2) is 0 Å². The van der Waals surface area contributed by atoms with Crippen molar-refractivity contribution < 1.29 is 32.6 Å². The van der Waals surface area contributed by atoms with Crippen molar-refractivity contribution >= 4 is 0 Å². The topological polar surface area (TPSA) is 9.23 Å². The fourth-order valence-corrected chi connectivity index (χ4v) is 0.318. The van der Waals surface area contributed by atoms with Gasteiger partial charge in [0.25, 0.3) is 0 Å². The van der Waals surface area contributed by atoms with Crippen molar-refractivity contribution in [1.82, 2.24) is 0 Å². The summed E-state index contributed by atoms with van der Waals surface area (Å²) < 4.78 is 4.50. The van der Waals surface area contributed by atoms with Crippen LogP contribution in [0.5, 0.6) is 0 Å². The van der Waals surface area contributed by atoms with Crippen molar-refractivity contribution in [2.24, 2.45) is 0 Å². The zero-order chi connectivity index (χ0) is 4.12. The molecule has 0 rings (SSSR count). The summed E-state index contributed by atoms with van der Waals surface area (Å²) in [7, 11) is 0. The minimum absolute atomic E-state index is 0. The molecule has 0 aliphatic rings. The van der Waals surface area contributed by atoms with Gasteiger partial charge in [-0.3, -0.25) is 0 Å². The van der Waals surface area contributed by atoms with Crippen molar-refractivity contribution in [2.75, 3.05) is 6.61 Å². The zero-order valence-corrected chi connectivity index (χ0v) is 5.51. The van der Waals surface area contributed by atoms with Gasteiger partial charge in [-0.05, 0) is 0 Å². The molecule has 0 radical (unpaired) electrons. The third kappa shape index (κ3) is 8.84. The second-order valence-corrected chi connectivity index (χ2v) is 1.15. The fraction of sp³-hybridized carbons (Fsp3) is 1.00. The van der Waals surface area contributed by atoms with Gasteiger partial charge in [-0.1, -0.05) is 0 Å². The molecule has 0 amide bonds. The Morgan fingerprint density at radius 2 is 2.17 bits per heavy atom. The normalized spacial score (nSPS) is 6.83. The smallest absolute Gasteiger partial charge is 1.00 e. The molecular formula is C3H7ClMnO. The van der Waals surface area contributed by atoms with Crippen molar-refractivity contribution in [3.8, 4) is 0 Å². The van der Waals surface area contributed by atoms with E-state index in [1.54, 1.807) is 0 Å². The van der Waals surface area contributed by atoms with Crippen LogP contribution in [0.15, 0.2) is 0 Å². The Morgan fingerprint density at radius 1 is 1.67 bits per heavy atom. The maximum absolute atomic E-state index is 4.50. The Balaban J connectivity index is 0. The second kappa shape index (κ2) is 9.24. The molecule has 0 unspecified atom stereocenters. The fourth-order valence-electron chi connectivity index (χ4n) is 0.0772. The van der Waals surface area contributed by atoms with Gasteiger partial charge in [-0.15, -0.1) is 0 Å². The van der Waals surface area contributed by atoms with Gasteiger partial charge in [0.15, 0.2) is 0 Å². The molecule has 0 saturated carbocycles. The molecule has 0 fully saturated rings. The summed E-state index contributed by atoms with van der Waals surface area (Å²) in [5.74, 6) is 0. The molecule has 0 saturated heterocycles. The van der Waals surface area contributed by atoms with Gasteiger partial charge >= 0.3 is 40.1 Å². The van der Waals surface area contributed by atoms with Gasteiger partial charge in [0, 0.05) is 0 Å². The zero-order valence-electron chi connectivity index (χ0n) is 3.58. The molecule has 0 bridgehead atoms. The minimum atomic E-state index is 0. The van der Waals surface area contributed by atoms with E-state index in [1.807, 2.05) is 0 Å². The molecule has 6 heavy (non-hydrogen) atoms. The minimum Gasteiger partial charge on any atom is -1.00 e. The summed E-state index contributed by atoms with van der Waals surface area (Å²) in [6.45, 7) is 2.86. The number of halogens is 1. The first-order valence-corrected chi connectivity index (χ1v) is 2.13. The van der Waals surface area contributed by atoms with Crippen LogP contribution in [0.2, 0.25) is 0 Å². The van der Waals surface area contributed by atoms with E-state index in [9.17, 15) is 0 Å². The number of rotatable bonds is 2. The van der Waals surface area contributed by atoms with E-state index in [4.69, 9.17) is 0 Å². The van der Waals surface area contributed by atoms with Gasteiger partial charge in [-0.2, -0.15) is 0 Å². The van der Waals surface area contributed by atoms with Gasteiger partial charge in [0.2, 0.25) is 0 Å². The standard InChI is InChI=1S/C3H7O.ClH.Mn/c1-2-3-4;;/h2-3H2,1H3;1H;/q-1;;+2/p-1. The Morgan fingerprint density at radius 3 is 2.17 bits per heavy atom. The van der Waals surface area contributed by atoms with E-state index in [1.165, 1.54) is 0 Å². The summed E-state index contributed by atoms with van der Waals surface area (Å²) in [6.07, 6.45) is 1.07. The van der Waals surface area contributed by atoms with E-state index >= 15 is 0 Å². The third-order valence-electron chi connectivity index (χ3n) is 0.281. The maximum atomic E-state index is 4.50. The first-order valence-electron chi connectivity index (χ1n) is 1.65. The van der Waals surface area contributed by atoms with Crippen molar-refractivity contribution in [2.45, 2.75) is 13.3 Å². The van der Waals surface area contributed by atoms with Crippen molar-refractivity contribution in [3.05, 3.63) is 0 Å². The first-order chi connectivity index (χ1) is 2.41. The SMILES string of the molecule is CCC[O][Mn+].[Cl-]. The molecule has 0 aromatic heterocycles. The van der Waals surface area contributed by atoms with E-state index < -0.39 is 0 Å². The van der Waals surface area contributed by atoms with Crippen LogP contribution in [0, 0.1) is 0 Å². The quantitative estimate of drug-likeness (QED) is 0.408. The molecule has 0 aliphatic heterocycles. The Kier molecular flexibility index (Phi) is 15.2. The van der Waals surface area contributed by atoms with Crippen LogP contribution < -0.4 is 12.4 Å². The third-order valence-corrected chi connectivity index (χ3v) is 0.522. The monoisotopic (exact) mass is 149 g/mol. The molecule has 0 aliphatic carbocycles. The molecule has 3 heteroatoms. The summed E-state index contributed by atoms with van der Waals surface area (Å²) in [5.41, 5.74) is 0. The maximum Gasteiger partial charge on any atom is -1.00 e. The van der Waals surface area contributed by atoms with Crippen LogP contribution in [0.4, 0.5) is 0 Å². The average Bonchev–Trinajstić information content (AvgIpc) is 1.41. The first kappa shape index (κ1) is 9.91. The van der Waals surface area contributed by atoms with Crippen molar-refractivity contribution in [1.29, 1.82) is 0 Å². The number of hydrogen-bond acceptors (Lipinski definition) is 1.